The molecule has 2 rings (SSSR count). The summed E-state index contributed by atoms with van der Waals surface area (Å²) in [4.78, 5) is 9.27. The Hall–Kier alpha value is -1.32. The highest BCUT2D eigenvalue weighted by atomic mass is 15.1. The van der Waals surface area contributed by atoms with Gasteiger partial charge in [0.25, 0.3) is 0 Å². The van der Waals surface area contributed by atoms with Crippen molar-refractivity contribution in [2.45, 2.75) is 65.8 Å². The van der Waals surface area contributed by atoms with Crippen molar-refractivity contribution in [1.29, 1.82) is 0 Å². The van der Waals surface area contributed by atoms with Crippen molar-refractivity contribution in [1.82, 2.24) is 9.97 Å². The molecule has 0 bridgehead atoms. The largest absolute Gasteiger partial charge is 0.370 e. The summed E-state index contributed by atoms with van der Waals surface area (Å²) in [5.41, 5.74) is 0. The van der Waals surface area contributed by atoms with Gasteiger partial charge in [0.2, 0.25) is 0 Å². The quantitative estimate of drug-likeness (QED) is 0.850. The highest BCUT2D eigenvalue weighted by Gasteiger charge is 2.24. The molecule has 0 spiro atoms. The molecule has 1 fully saturated rings. The number of rotatable bonds is 5. The summed E-state index contributed by atoms with van der Waals surface area (Å²) in [6.45, 7) is 12.0. The van der Waals surface area contributed by atoms with Gasteiger partial charge in [-0.1, -0.05) is 27.7 Å². The summed E-state index contributed by atoms with van der Waals surface area (Å²) in [5, 5.41) is 6.94. The van der Waals surface area contributed by atoms with Gasteiger partial charge in [-0.15, -0.1) is 0 Å². The standard InChI is InChI=1S/C17H30N4/c1-6-18-15-10-16(21-17(20-15)11(2)3)19-14-8-7-12(4)13(5)9-14/h10-14H,6-9H2,1-5H3,(H2,18,19,20,21). The molecule has 21 heavy (non-hydrogen) atoms. The first kappa shape index (κ1) is 16.1. The summed E-state index contributed by atoms with van der Waals surface area (Å²) >= 11 is 0. The molecule has 1 aliphatic carbocycles. The highest BCUT2D eigenvalue weighted by molar-refractivity contribution is 5.48. The van der Waals surface area contributed by atoms with Crippen LogP contribution in [0.1, 0.15) is 65.6 Å². The van der Waals surface area contributed by atoms with Crippen molar-refractivity contribution >= 4 is 11.6 Å². The van der Waals surface area contributed by atoms with E-state index in [4.69, 9.17) is 4.98 Å². The van der Waals surface area contributed by atoms with Crippen molar-refractivity contribution in [3.8, 4) is 0 Å². The van der Waals surface area contributed by atoms with E-state index in [1.807, 2.05) is 6.07 Å². The third-order valence-corrected chi connectivity index (χ3v) is 4.57. The first-order valence-corrected chi connectivity index (χ1v) is 8.39. The first-order valence-electron chi connectivity index (χ1n) is 8.39. The van der Waals surface area contributed by atoms with Crippen LogP contribution in [-0.2, 0) is 0 Å². The number of aromatic nitrogens is 2. The van der Waals surface area contributed by atoms with E-state index in [0.717, 1.165) is 35.8 Å². The normalized spacial score (nSPS) is 25.9. The molecule has 0 aliphatic heterocycles. The monoisotopic (exact) mass is 290 g/mol. The number of anilines is 2. The maximum Gasteiger partial charge on any atom is 0.135 e. The molecule has 0 radical (unpaired) electrons. The Morgan fingerprint density at radius 1 is 1.14 bits per heavy atom. The molecule has 1 aromatic heterocycles. The zero-order chi connectivity index (χ0) is 15.4. The number of hydrogen-bond donors (Lipinski definition) is 2. The fraction of sp³-hybridized carbons (Fsp3) is 0.765. The molecule has 3 unspecified atom stereocenters. The van der Waals surface area contributed by atoms with E-state index in [1.54, 1.807) is 0 Å². The zero-order valence-corrected chi connectivity index (χ0v) is 14.1. The average molecular weight is 290 g/mol. The van der Waals surface area contributed by atoms with Crippen LogP contribution < -0.4 is 10.6 Å². The minimum Gasteiger partial charge on any atom is -0.370 e. The van der Waals surface area contributed by atoms with Gasteiger partial charge in [-0.25, -0.2) is 9.97 Å². The summed E-state index contributed by atoms with van der Waals surface area (Å²) in [7, 11) is 0. The lowest BCUT2D eigenvalue weighted by Gasteiger charge is -2.32. The molecule has 0 saturated heterocycles. The lowest BCUT2D eigenvalue weighted by Crippen LogP contribution is -2.30. The summed E-state index contributed by atoms with van der Waals surface area (Å²) in [6.07, 6.45) is 3.78. The molecule has 4 heteroatoms. The van der Waals surface area contributed by atoms with Gasteiger partial charge in [0.15, 0.2) is 0 Å². The van der Waals surface area contributed by atoms with Gasteiger partial charge in [-0.3, -0.25) is 0 Å². The van der Waals surface area contributed by atoms with Gasteiger partial charge in [-0.05, 0) is 38.0 Å². The van der Waals surface area contributed by atoms with Crippen LogP contribution in [0.3, 0.4) is 0 Å². The number of nitrogens with one attached hydrogen (secondary N) is 2. The van der Waals surface area contributed by atoms with Gasteiger partial charge >= 0.3 is 0 Å². The van der Waals surface area contributed by atoms with Crippen molar-refractivity contribution in [2.75, 3.05) is 17.2 Å². The van der Waals surface area contributed by atoms with Crippen molar-refractivity contribution in [3.63, 3.8) is 0 Å². The zero-order valence-electron chi connectivity index (χ0n) is 14.1. The fourth-order valence-corrected chi connectivity index (χ4v) is 2.96. The Labute approximate surface area is 129 Å². The van der Waals surface area contributed by atoms with Crippen LogP contribution in [-0.4, -0.2) is 22.6 Å². The topological polar surface area (TPSA) is 49.8 Å². The van der Waals surface area contributed by atoms with Gasteiger partial charge in [0, 0.05) is 24.6 Å². The molecule has 1 aliphatic rings. The minimum absolute atomic E-state index is 0.342. The van der Waals surface area contributed by atoms with Crippen LogP contribution in [0, 0.1) is 11.8 Å². The molecule has 1 saturated carbocycles. The van der Waals surface area contributed by atoms with E-state index >= 15 is 0 Å². The maximum atomic E-state index is 4.69. The molecule has 1 heterocycles. The minimum atomic E-state index is 0.342. The molecule has 1 aromatic rings. The van der Waals surface area contributed by atoms with Crippen LogP contribution >= 0.6 is 0 Å². The Morgan fingerprint density at radius 3 is 2.48 bits per heavy atom. The van der Waals surface area contributed by atoms with E-state index in [-0.39, 0.29) is 0 Å². The van der Waals surface area contributed by atoms with Crippen molar-refractivity contribution in [2.24, 2.45) is 11.8 Å². The van der Waals surface area contributed by atoms with Crippen molar-refractivity contribution < 1.29 is 0 Å². The second kappa shape index (κ2) is 7.10. The SMILES string of the molecule is CCNc1cc(NC2CCC(C)C(C)C2)nc(C(C)C)n1. The van der Waals surface area contributed by atoms with Crippen LogP contribution in [0.5, 0.6) is 0 Å². The lowest BCUT2D eigenvalue weighted by atomic mass is 9.79. The molecule has 2 N–H and O–H groups in total. The second-order valence-electron chi connectivity index (χ2n) is 6.79. The molecule has 3 atom stereocenters. The molecule has 0 aromatic carbocycles. The number of nitrogens with zero attached hydrogens (tertiary/aromatic N) is 2. The Bertz CT molecular complexity index is 458. The molecular formula is C17H30N4. The van der Waals surface area contributed by atoms with Crippen LogP contribution in [0.15, 0.2) is 6.07 Å². The van der Waals surface area contributed by atoms with Gasteiger partial charge < -0.3 is 10.6 Å². The van der Waals surface area contributed by atoms with Crippen LogP contribution in [0.4, 0.5) is 11.6 Å². The van der Waals surface area contributed by atoms with Gasteiger partial charge in [-0.2, -0.15) is 0 Å². The van der Waals surface area contributed by atoms with E-state index in [0.29, 0.717) is 12.0 Å². The molecule has 0 amide bonds. The Balaban J connectivity index is 2.11. The smallest absolute Gasteiger partial charge is 0.135 e. The van der Waals surface area contributed by atoms with E-state index in [1.165, 1.54) is 19.3 Å². The first-order chi connectivity index (χ1) is 9.99. The van der Waals surface area contributed by atoms with Crippen molar-refractivity contribution in [3.05, 3.63) is 11.9 Å². The second-order valence-corrected chi connectivity index (χ2v) is 6.79. The summed E-state index contributed by atoms with van der Waals surface area (Å²) in [5.74, 6) is 4.78. The fourth-order valence-electron chi connectivity index (χ4n) is 2.96. The Kier molecular flexibility index (Phi) is 5.43. The Morgan fingerprint density at radius 2 is 1.86 bits per heavy atom. The third-order valence-electron chi connectivity index (χ3n) is 4.57. The van der Waals surface area contributed by atoms with E-state index in [2.05, 4.69) is 50.2 Å². The maximum absolute atomic E-state index is 4.69. The third kappa shape index (κ3) is 4.32. The van der Waals surface area contributed by atoms with Crippen LogP contribution in [0.25, 0.3) is 0 Å². The molecule has 118 valence electrons. The predicted molar refractivity (Wildman–Crippen MR) is 89.9 cm³/mol. The summed E-state index contributed by atoms with van der Waals surface area (Å²) < 4.78 is 0. The molecular weight excluding hydrogens is 260 g/mol. The molecule has 4 nitrogen and oxygen atoms in total. The highest BCUT2D eigenvalue weighted by Crippen LogP contribution is 2.31. The van der Waals surface area contributed by atoms with E-state index < -0.39 is 0 Å². The van der Waals surface area contributed by atoms with Gasteiger partial charge in [0.05, 0.1) is 0 Å². The van der Waals surface area contributed by atoms with Crippen LogP contribution in [0.2, 0.25) is 0 Å². The van der Waals surface area contributed by atoms with E-state index in [9.17, 15) is 0 Å². The predicted octanol–water partition coefficient (Wildman–Crippen LogP) is 4.27. The van der Waals surface area contributed by atoms with Gasteiger partial charge in [0.1, 0.15) is 17.5 Å². The number of hydrogen-bond acceptors (Lipinski definition) is 4. The average Bonchev–Trinajstić information content (AvgIpc) is 2.43. The summed E-state index contributed by atoms with van der Waals surface area (Å²) in [6, 6.07) is 2.58. The lowest BCUT2D eigenvalue weighted by molar-refractivity contribution is 0.260.